The molecule has 5 N–H and O–H groups in total. The highest BCUT2D eigenvalue weighted by molar-refractivity contribution is 6.36. The molecule has 186 valence electrons. The van der Waals surface area contributed by atoms with Crippen LogP contribution in [0.2, 0.25) is 10.0 Å². The number of anilines is 2. The molecule has 1 aromatic carbocycles. The highest BCUT2D eigenvalue weighted by Crippen LogP contribution is 2.32. The molecule has 0 aliphatic heterocycles. The maximum Gasteiger partial charge on any atom is 0.254 e. The van der Waals surface area contributed by atoms with Crippen molar-refractivity contribution in [3.8, 4) is 22.5 Å². The average Bonchev–Trinajstić information content (AvgIpc) is 3.33. The summed E-state index contributed by atoms with van der Waals surface area (Å²) < 4.78 is 3.16. The van der Waals surface area contributed by atoms with Crippen molar-refractivity contribution >= 4 is 46.7 Å². The second-order valence-corrected chi connectivity index (χ2v) is 9.28. The molecule has 0 spiro atoms. The predicted octanol–water partition coefficient (Wildman–Crippen LogP) is 4.10. The first-order chi connectivity index (χ1) is 17.0. The maximum absolute atomic E-state index is 12.6. The Morgan fingerprint density at radius 1 is 1.11 bits per heavy atom. The van der Waals surface area contributed by atoms with E-state index in [1.54, 1.807) is 48.1 Å². The monoisotopic (exact) mass is 526 g/mol. The van der Waals surface area contributed by atoms with Crippen molar-refractivity contribution in [3.05, 3.63) is 63.9 Å². The topological polar surface area (TPSA) is 147 Å². The summed E-state index contributed by atoms with van der Waals surface area (Å²) in [7, 11) is 1.75. The first-order valence-corrected chi connectivity index (χ1v) is 11.7. The van der Waals surface area contributed by atoms with Crippen LogP contribution in [0, 0.1) is 0 Å². The molecule has 4 rings (SSSR count). The molecule has 10 nitrogen and oxygen atoms in total. The smallest absolute Gasteiger partial charge is 0.254 e. The van der Waals surface area contributed by atoms with Crippen LogP contribution in [0.25, 0.3) is 22.5 Å². The number of halogens is 2. The number of nitrogens with one attached hydrogen (secondary N) is 1. The molecule has 0 radical (unpaired) electrons. The lowest BCUT2D eigenvalue weighted by Crippen LogP contribution is -2.16. The minimum Gasteiger partial charge on any atom is -0.383 e. The molecule has 3 aromatic heterocycles. The molecule has 0 aliphatic rings. The summed E-state index contributed by atoms with van der Waals surface area (Å²) in [6.07, 6.45) is 1.54. The normalized spacial score (nSPS) is 11.2. The van der Waals surface area contributed by atoms with Crippen LogP contribution in [0.15, 0.2) is 42.6 Å². The molecule has 0 saturated heterocycles. The lowest BCUT2D eigenvalue weighted by Gasteiger charge is -2.06. The fourth-order valence-electron chi connectivity index (χ4n) is 3.78. The zero-order valence-corrected chi connectivity index (χ0v) is 21.3. The highest BCUT2D eigenvalue weighted by Gasteiger charge is 2.23. The fourth-order valence-corrected chi connectivity index (χ4v) is 4.29. The molecular weight excluding hydrogens is 503 g/mol. The van der Waals surface area contributed by atoms with E-state index in [9.17, 15) is 9.59 Å². The van der Waals surface area contributed by atoms with Crippen molar-refractivity contribution in [2.45, 2.75) is 26.3 Å². The number of nitrogens with zero attached hydrogens (tertiary/aromatic N) is 5. The summed E-state index contributed by atoms with van der Waals surface area (Å²) in [5.41, 5.74) is 14.6. The number of nitrogens with two attached hydrogens (primary N) is 2. The quantitative estimate of drug-likeness (QED) is 0.330. The third-order valence-electron chi connectivity index (χ3n) is 5.48. The summed E-state index contributed by atoms with van der Waals surface area (Å²) in [5.74, 6) is -0.396. The van der Waals surface area contributed by atoms with Gasteiger partial charge >= 0.3 is 0 Å². The maximum atomic E-state index is 12.6. The average molecular weight is 527 g/mol. The van der Waals surface area contributed by atoms with Gasteiger partial charge in [0.05, 0.1) is 17.1 Å². The molecule has 3 heterocycles. The number of primary amides is 1. The minimum absolute atomic E-state index is 0.0130. The standard InChI is InChI=1S/C24H24Cl2N8O2/c1-12(2)34-23(27)21(24(28)36)22(32-34)13-4-6-15(29-11-13)9-20(35)30-19-10-18(33(3)31-19)16-7-5-14(25)8-17(16)26/h4-8,10-12H,9,27H2,1-3H3,(H2,28,36)(H,30,31,35). The van der Waals surface area contributed by atoms with Crippen molar-refractivity contribution in [1.29, 1.82) is 0 Å². The number of rotatable bonds is 7. The van der Waals surface area contributed by atoms with Gasteiger partial charge in [0, 0.05) is 47.2 Å². The zero-order chi connectivity index (χ0) is 26.1. The number of carbonyl (C=O) groups is 2. The highest BCUT2D eigenvalue weighted by atomic mass is 35.5. The Labute approximate surface area is 217 Å². The number of pyridine rings is 1. The van der Waals surface area contributed by atoms with Gasteiger partial charge in [-0.25, -0.2) is 4.68 Å². The van der Waals surface area contributed by atoms with E-state index in [2.05, 4.69) is 20.5 Å². The number of aromatic nitrogens is 5. The predicted molar refractivity (Wildman–Crippen MR) is 140 cm³/mol. The Bertz CT molecular complexity index is 1460. The number of carbonyl (C=O) groups excluding carboxylic acids is 2. The largest absolute Gasteiger partial charge is 0.383 e. The summed E-state index contributed by atoms with van der Waals surface area (Å²) in [4.78, 5) is 29.0. The molecular formula is C24H24Cl2N8O2. The second kappa shape index (κ2) is 10.00. The third kappa shape index (κ3) is 5.05. The lowest BCUT2D eigenvalue weighted by atomic mass is 10.1. The molecule has 0 aliphatic carbocycles. The van der Waals surface area contributed by atoms with Crippen molar-refractivity contribution in [2.75, 3.05) is 11.1 Å². The van der Waals surface area contributed by atoms with Crippen LogP contribution in [0.4, 0.5) is 11.6 Å². The molecule has 2 amide bonds. The summed E-state index contributed by atoms with van der Waals surface area (Å²) >= 11 is 12.3. The van der Waals surface area contributed by atoms with Gasteiger partial charge in [0.1, 0.15) is 17.1 Å². The van der Waals surface area contributed by atoms with E-state index in [1.807, 2.05) is 13.8 Å². The van der Waals surface area contributed by atoms with E-state index < -0.39 is 5.91 Å². The SMILES string of the molecule is CC(C)n1nc(-c2ccc(CC(=O)Nc3cc(-c4ccc(Cl)cc4Cl)n(C)n3)nc2)c(C(N)=O)c1N. The first-order valence-electron chi connectivity index (χ1n) is 11.0. The molecule has 36 heavy (non-hydrogen) atoms. The van der Waals surface area contributed by atoms with Crippen LogP contribution < -0.4 is 16.8 Å². The molecule has 0 atom stereocenters. The molecule has 0 saturated carbocycles. The Morgan fingerprint density at radius 3 is 2.47 bits per heavy atom. The van der Waals surface area contributed by atoms with Gasteiger partial charge in [-0.3, -0.25) is 19.3 Å². The fraction of sp³-hybridized carbons (Fsp3) is 0.208. The van der Waals surface area contributed by atoms with E-state index in [4.69, 9.17) is 34.7 Å². The van der Waals surface area contributed by atoms with Crippen molar-refractivity contribution in [1.82, 2.24) is 24.5 Å². The van der Waals surface area contributed by atoms with Crippen molar-refractivity contribution in [2.24, 2.45) is 12.8 Å². The van der Waals surface area contributed by atoms with Gasteiger partial charge in [-0.15, -0.1) is 0 Å². The Balaban J connectivity index is 1.49. The first kappa shape index (κ1) is 25.2. The minimum atomic E-state index is -0.674. The van der Waals surface area contributed by atoms with Crippen LogP contribution in [-0.4, -0.2) is 36.4 Å². The van der Waals surface area contributed by atoms with Crippen LogP contribution in [0.1, 0.15) is 35.9 Å². The van der Waals surface area contributed by atoms with Crippen LogP contribution in [0.3, 0.4) is 0 Å². The zero-order valence-electron chi connectivity index (χ0n) is 19.8. The Hall–Kier alpha value is -3.89. The van der Waals surface area contributed by atoms with Gasteiger partial charge < -0.3 is 16.8 Å². The lowest BCUT2D eigenvalue weighted by molar-refractivity contribution is -0.115. The van der Waals surface area contributed by atoms with Crippen molar-refractivity contribution in [3.63, 3.8) is 0 Å². The summed E-state index contributed by atoms with van der Waals surface area (Å²) in [5, 5.41) is 12.6. The number of nitrogen functional groups attached to an aromatic ring is 1. The number of aryl methyl sites for hydroxylation is 1. The third-order valence-corrected chi connectivity index (χ3v) is 6.03. The van der Waals surface area contributed by atoms with Gasteiger partial charge in [0.25, 0.3) is 5.91 Å². The van der Waals surface area contributed by atoms with Crippen LogP contribution in [0.5, 0.6) is 0 Å². The van der Waals surface area contributed by atoms with E-state index in [1.165, 1.54) is 10.9 Å². The molecule has 4 aromatic rings. The number of amides is 2. The van der Waals surface area contributed by atoms with Crippen LogP contribution in [-0.2, 0) is 18.3 Å². The second-order valence-electron chi connectivity index (χ2n) is 8.44. The molecule has 12 heteroatoms. The van der Waals surface area contributed by atoms with E-state index in [0.717, 1.165) is 11.3 Å². The molecule has 0 bridgehead atoms. The van der Waals surface area contributed by atoms with Gasteiger partial charge in [-0.1, -0.05) is 23.2 Å². The molecule has 0 unspecified atom stereocenters. The number of hydrogen-bond donors (Lipinski definition) is 3. The summed E-state index contributed by atoms with van der Waals surface area (Å²) in [6.45, 7) is 3.79. The van der Waals surface area contributed by atoms with E-state index in [0.29, 0.717) is 32.8 Å². The van der Waals surface area contributed by atoms with Crippen LogP contribution >= 0.6 is 23.2 Å². The van der Waals surface area contributed by atoms with Gasteiger partial charge in [-0.05, 0) is 44.2 Å². The Kier molecular flexibility index (Phi) is 7.00. The van der Waals surface area contributed by atoms with Gasteiger partial charge in [0.2, 0.25) is 5.91 Å². The van der Waals surface area contributed by atoms with E-state index in [-0.39, 0.29) is 29.8 Å². The van der Waals surface area contributed by atoms with Crippen molar-refractivity contribution < 1.29 is 9.59 Å². The Morgan fingerprint density at radius 2 is 1.86 bits per heavy atom. The van der Waals surface area contributed by atoms with Gasteiger partial charge in [-0.2, -0.15) is 10.2 Å². The van der Waals surface area contributed by atoms with E-state index >= 15 is 0 Å². The summed E-state index contributed by atoms with van der Waals surface area (Å²) in [6, 6.07) is 10.2. The van der Waals surface area contributed by atoms with Gasteiger partial charge in [0.15, 0.2) is 5.82 Å². The molecule has 0 fully saturated rings. The number of hydrogen-bond acceptors (Lipinski definition) is 6. The number of benzene rings is 1.